The number of carbonyl (C=O) groups excluding carboxylic acids is 1. The Hall–Kier alpha value is -2.27. The van der Waals surface area contributed by atoms with Gasteiger partial charge in [-0.3, -0.25) is 9.78 Å². The minimum atomic E-state index is -1.04. The van der Waals surface area contributed by atoms with Crippen molar-refractivity contribution in [3.63, 3.8) is 0 Å². The molecule has 0 aliphatic heterocycles. The minimum absolute atomic E-state index is 0.0631. The maximum atomic E-state index is 13.1. The van der Waals surface area contributed by atoms with E-state index in [-0.39, 0.29) is 12.4 Å². The van der Waals surface area contributed by atoms with E-state index in [1.807, 2.05) is 12.1 Å². The fourth-order valence-electron chi connectivity index (χ4n) is 2.38. The van der Waals surface area contributed by atoms with Crippen LogP contribution in [0.3, 0.4) is 0 Å². The lowest BCUT2D eigenvalue weighted by atomic mass is 9.75. The predicted octanol–water partition coefficient (Wildman–Crippen LogP) is 1.83. The van der Waals surface area contributed by atoms with E-state index in [9.17, 15) is 9.18 Å². The second-order valence-electron chi connectivity index (χ2n) is 4.82. The molecule has 0 saturated heterocycles. The van der Waals surface area contributed by atoms with Crippen molar-refractivity contribution in [2.75, 3.05) is 13.7 Å². The van der Waals surface area contributed by atoms with Crippen LogP contribution in [-0.4, -0.2) is 24.6 Å². The van der Waals surface area contributed by atoms with Crippen LogP contribution in [0.5, 0.6) is 0 Å². The first-order valence-electron chi connectivity index (χ1n) is 6.56. The van der Waals surface area contributed by atoms with Crippen LogP contribution in [0, 0.1) is 5.82 Å². The molecule has 0 radical (unpaired) electrons. The number of esters is 1. The van der Waals surface area contributed by atoms with Gasteiger partial charge in [-0.1, -0.05) is 12.1 Å². The molecule has 2 rings (SSSR count). The van der Waals surface area contributed by atoms with Crippen molar-refractivity contribution >= 4 is 5.97 Å². The van der Waals surface area contributed by atoms with E-state index in [0.29, 0.717) is 12.0 Å². The van der Waals surface area contributed by atoms with Crippen LogP contribution in [0.1, 0.15) is 11.1 Å². The fourth-order valence-corrected chi connectivity index (χ4v) is 2.38. The van der Waals surface area contributed by atoms with Crippen LogP contribution < -0.4 is 5.73 Å². The van der Waals surface area contributed by atoms with Gasteiger partial charge >= 0.3 is 5.97 Å². The lowest BCUT2D eigenvalue weighted by Gasteiger charge is -2.30. The lowest BCUT2D eigenvalue weighted by Crippen LogP contribution is -2.45. The van der Waals surface area contributed by atoms with Gasteiger partial charge in [0, 0.05) is 18.9 Å². The molecule has 0 saturated carbocycles. The SMILES string of the molecule is COC(=O)C(CN)(Cc1ccncc1)c1ccc(F)cc1. The first-order valence-corrected chi connectivity index (χ1v) is 6.56. The van der Waals surface area contributed by atoms with Gasteiger partial charge in [0.1, 0.15) is 11.2 Å². The zero-order chi connectivity index (χ0) is 15.3. The summed E-state index contributed by atoms with van der Waals surface area (Å²) in [6, 6.07) is 9.40. The van der Waals surface area contributed by atoms with Crippen LogP contribution >= 0.6 is 0 Å². The van der Waals surface area contributed by atoms with Crippen molar-refractivity contribution < 1.29 is 13.9 Å². The van der Waals surface area contributed by atoms with Gasteiger partial charge in [-0.25, -0.2) is 4.39 Å². The molecule has 0 fully saturated rings. The number of hydrogen-bond donors (Lipinski definition) is 1. The fraction of sp³-hybridized carbons (Fsp3) is 0.250. The molecule has 2 aromatic rings. The van der Waals surface area contributed by atoms with E-state index < -0.39 is 11.4 Å². The second-order valence-corrected chi connectivity index (χ2v) is 4.82. The summed E-state index contributed by atoms with van der Waals surface area (Å²) in [5.74, 6) is -0.799. The van der Waals surface area contributed by atoms with Crippen molar-refractivity contribution in [2.45, 2.75) is 11.8 Å². The third kappa shape index (κ3) is 3.08. The first-order chi connectivity index (χ1) is 10.1. The predicted molar refractivity (Wildman–Crippen MR) is 77.1 cm³/mol. The summed E-state index contributed by atoms with van der Waals surface area (Å²) >= 11 is 0. The zero-order valence-corrected chi connectivity index (χ0v) is 11.8. The quantitative estimate of drug-likeness (QED) is 0.853. The van der Waals surface area contributed by atoms with Crippen molar-refractivity contribution in [1.29, 1.82) is 0 Å². The topological polar surface area (TPSA) is 65.2 Å². The van der Waals surface area contributed by atoms with E-state index in [1.54, 1.807) is 24.5 Å². The average molecular weight is 288 g/mol. The molecule has 5 heteroatoms. The van der Waals surface area contributed by atoms with E-state index >= 15 is 0 Å². The molecule has 0 aliphatic carbocycles. The van der Waals surface area contributed by atoms with E-state index in [4.69, 9.17) is 10.5 Å². The number of nitrogens with two attached hydrogens (primary N) is 1. The minimum Gasteiger partial charge on any atom is -0.468 e. The number of pyridine rings is 1. The van der Waals surface area contributed by atoms with E-state index in [0.717, 1.165) is 5.56 Å². The molecule has 0 aliphatic rings. The maximum absolute atomic E-state index is 13.1. The molecule has 110 valence electrons. The van der Waals surface area contributed by atoms with Gasteiger partial charge in [0.25, 0.3) is 0 Å². The molecular weight excluding hydrogens is 271 g/mol. The molecule has 1 unspecified atom stereocenters. The highest BCUT2D eigenvalue weighted by Crippen LogP contribution is 2.29. The number of nitrogens with zero attached hydrogens (tertiary/aromatic N) is 1. The molecular formula is C16H17FN2O2. The standard InChI is InChI=1S/C16H17FN2O2/c1-21-15(20)16(11-18,10-12-6-8-19-9-7-12)13-2-4-14(17)5-3-13/h2-9H,10-11,18H2,1H3. The number of methoxy groups -OCH3 is 1. The van der Waals surface area contributed by atoms with Crippen molar-refractivity contribution in [3.8, 4) is 0 Å². The smallest absolute Gasteiger partial charge is 0.317 e. The number of benzene rings is 1. The van der Waals surface area contributed by atoms with Crippen LogP contribution in [0.15, 0.2) is 48.8 Å². The Morgan fingerprint density at radius 2 is 1.86 bits per heavy atom. The third-order valence-corrected chi connectivity index (χ3v) is 3.58. The Labute approximate surface area is 122 Å². The highest BCUT2D eigenvalue weighted by molar-refractivity contribution is 5.84. The summed E-state index contributed by atoms with van der Waals surface area (Å²) in [6.07, 6.45) is 3.67. The molecule has 0 spiro atoms. The van der Waals surface area contributed by atoms with Gasteiger partial charge in [-0.05, 0) is 41.8 Å². The number of carbonyl (C=O) groups is 1. The van der Waals surface area contributed by atoms with Gasteiger partial charge in [-0.15, -0.1) is 0 Å². The van der Waals surface area contributed by atoms with Crippen LogP contribution in [-0.2, 0) is 21.4 Å². The molecule has 2 N–H and O–H groups in total. The average Bonchev–Trinajstić information content (AvgIpc) is 2.54. The Balaban J connectivity index is 2.47. The monoisotopic (exact) mass is 288 g/mol. The highest BCUT2D eigenvalue weighted by Gasteiger charge is 2.40. The van der Waals surface area contributed by atoms with Crippen molar-refractivity contribution in [3.05, 3.63) is 65.7 Å². The highest BCUT2D eigenvalue weighted by atomic mass is 19.1. The number of ether oxygens (including phenoxy) is 1. The number of halogens is 1. The summed E-state index contributed by atoms with van der Waals surface area (Å²) < 4.78 is 18.1. The summed E-state index contributed by atoms with van der Waals surface area (Å²) in [4.78, 5) is 16.3. The zero-order valence-electron chi connectivity index (χ0n) is 11.8. The van der Waals surface area contributed by atoms with E-state index in [1.165, 1.54) is 19.2 Å². The maximum Gasteiger partial charge on any atom is 0.317 e. The van der Waals surface area contributed by atoms with Crippen LogP contribution in [0.4, 0.5) is 4.39 Å². The molecule has 1 aromatic heterocycles. The number of aromatic nitrogens is 1. The third-order valence-electron chi connectivity index (χ3n) is 3.58. The normalized spacial score (nSPS) is 13.5. The molecule has 1 aromatic carbocycles. The largest absolute Gasteiger partial charge is 0.468 e. The molecule has 21 heavy (non-hydrogen) atoms. The Kier molecular flexibility index (Phi) is 4.65. The van der Waals surface area contributed by atoms with Crippen molar-refractivity contribution in [1.82, 2.24) is 4.98 Å². The Morgan fingerprint density at radius 1 is 1.24 bits per heavy atom. The molecule has 0 amide bonds. The Morgan fingerprint density at radius 3 is 2.38 bits per heavy atom. The van der Waals surface area contributed by atoms with Gasteiger partial charge in [0.15, 0.2) is 0 Å². The van der Waals surface area contributed by atoms with Crippen molar-refractivity contribution in [2.24, 2.45) is 5.73 Å². The van der Waals surface area contributed by atoms with E-state index in [2.05, 4.69) is 4.98 Å². The van der Waals surface area contributed by atoms with Gasteiger partial charge in [0.05, 0.1) is 7.11 Å². The number of hydrogen-bond acceptors (Lipinski definition) is 4. The molecule has 4 nitrogen and oxygen atoms in total. The van der Waals surface area contributed by atoms with Crippen LogP contribution in [0.2, 0.25) is 0 Å². The molecule has 0 bridgehead atoms. The van der Waals surface area contributed by atoms with Gasteiger partial charge in [-0.2, -0.15) is 0 Å². The Bertz CT molecular complexity index is 601. The lowest BCUT2D eigenvalue weighted by molar-refractivity contribution is -0.147. The molecule has 1 atom stereocenters. The van der Waals surface area contributed by atoms with Gasteiger partial charge in [0.2, 0.25) is 0 Å². The van der Waals surface area contributed by atoms with Crippen LogP contribution in [0.25, 0.3) is 0 Å². The summed E-state index contributed by atoms with van der Waals surface area (Å²) in [5.41, 5.74) is 6.40. The summed E-state index contributed by atoms with van der Waals surface area (Å²) in [5, 5.41) is 0. The molecule has 1 heterocycles. The first kappa shape index (κ1) is 15.1. The summed E-state index contributed by atoms with van der Waals surface area (Å²) in [7, 11) is 1.32. The second kappa shape index (κ2) is 6.45. The van der Waals surface area contributed by atoms with Gasteiger partial charge < -0.3 is 10.5 Å². The summed E-state index contributed by atoms with van der Waals surface area (Å²) in [6.45, 7) is 0.0631. The number of rotatable bonds is 5.